The highest BCUT2D eigenvalue weighted by molar-refractivity contribution is 5.70. The fourth-order valence-corrected chi connectivity index (χ4v) is 3.22. The minimum Gasteiger partial charge on any atom is -0.242 e. The lowest BCUT2D eigenvalue weighted by molar-refractivity contribution is 0.342. The fraction of sp³-hybridized carbons (Fsp3) is 0.185. The summed E-state index contributed by atoms with van der Waals surface area (Å²) in [6, 6.07) is 22.2. The van der Waals surface area contributed by atoms with E-state index >= 15 is 0 Å². The van der Waals surface area contributed by atoms with Crippen LogP contribution < -0.4 is 0 Å². The van der Waals surface area contributed by atoms with Crippen molar-refractivity contribution < 1.29 is 8.78 Å². The molecule has 0 saturated carbocycles. The lowest BCUT2D eigenvalue weighted by Gasteiger charge is -2.09. The van der Waals surface area contributed by atoms with E-state index in [0.29, 0.717) is 16.7 Å². The molecular weight excluding hydrogens is 362 g/mol. The van der Waals surface area contributed by atoms with E-state index < -0.39 is 6.17 Å². The van der Waals surface area contributed by atoms with Crippen molar-refractivity contribution in [2.45, 2.75) is 32.4 Å². The number of benzene rings is 3. The third-order valence-electron chi connectivity index (χ3n) is 4.91. The molecule has 0 spiro atoms. The highest BCUT2D eigenvalue weighted by atomic mass is 19.1. The Balaban J connectivity index is 1.62. The number of hydrogen-bond acceptors (Lipinski definition) is 0. The third-order valence-corrected chi connectivity index (χ3v) is 4.91. The predicted octanol–water partition coefficient (Wildman–Crippen LogP) is 7.76. The van der Waals surface area contributed by atoms with Gasteiger partial charge >= 0.3 is 0 Å². The second-order valence-electron chi connectivity index (χ2n) is 7.12. The Morgan fingerprint density at radius 1 is 0.862 bits per heavy atom. The zero-order valence-corrected chi connectivity index (χ0v) is 16.7. The quantitative estimate of drug-likeness (QED) is 0.273. The van der Waals surface area contributed by atoms with Gasteiger partial charge in [-0.25, -0.2) is 8.78 Å². The van der Waals surface area contributed by atoms with Crippen LogP contribution in [0.2, 0.25) is 0 Å². The summed E-state index contributed by atoms with van der Waals surface area (Å²) < 4.78 is 28.9. The predicted molar refractivity (Wildman–Crippen MR) is 119 cm³/mol. The van der Waals surface area contributed by atoms with E-state index in [1.807, 2.05) is 43.3 Å². The maximum atomic E-state index is 14.5. The molecule has 29 heavy (non-hydrogen) atoms. The van der Waals surface area contributed by atoms with Crippen LogP contribution in [0.1, 0.15) is 47.3 Å². The van der Waals surface area contributed by atoms with Crippen molar-refractivity contribution in [2.75, 3.05) is 0 Å². The topological polar surface area (TPSA) is 0 Å². The first-order valence-corrected chi connectivity index (χ1v) is 10.0. The molecule has 148 valence electrons. The van der Waals surface area contributed by atoms with Crippen molar-refractivity contribution in [2.24, 2.45) is 0 Å². The van der Waals surface area contributed by atoms with Crippen LogP contribution in [0.3, 0.4) is 0 Å². The number of aryl methyl sites for hydroxylation is 1. The molecule has 0 heterocycles. The molecule has 0 aliphatic heterocycles. The molecule has 2 heteroatoms. The highest BCUT2D eigenvalue weighted by Crippen LogP contribution is 2.24. The minimum absolute atomic E-state index is 0.166. The van der Waals surface area contributed by atoms with Gasteiger partial charge in [0, 0.05) is 12.0 Å². The molecule has 0 unspecified atom stereocenters. The Labute approximate surface area is 172 Å². The summed E-state index contributed by atoms with van der Waals surface area (Å²) in [7, 11) is 0. The first-order valence-electron chi connectivity index (χ1n) is 10.0. The van der Waals surface area contributed by atoms with Crippen molar-refractivity contribution in [3.63, 3.8) is 0 Å². The van der Waals surface area contributed by atoms with Crippen LogP contribution in [0.5, 0.6) is 0 Å². The van der Waals surface area contributed by atoms with E-state index in [-0.39, 0.29) is 12.2 Å². The van der Waals surface area contributed by atoms with E-state index in [4.69, 9.17) is 0 Å². The SMILES string of the molecule is C/C=C/CCc1ccc(C=Cc2ccc(C[C@@H](F)c3ccccc3)cc2F)cc1. The molecule has 0 aliphatic carbocycles. The van der Waals surface area contributed by atoms with Gasteiger partial charge in [-0.1, -0.05) is 91.0 Å². The summed E-state index contributed by atoms with van der Waals surface area (Å²) in [5.41, 5.74) is 4.08. The Morgan fingerprint density at radius 3 is 2.28 bits per heavy atom. The molecule has 0 bridgehead atoms. The normalized spacial score (nSPS) is 12.7. The van der Waals surface area contributed by atoms with Crippen molar-refractivity contribution in [3.05, 3.63) is 119 Å². The van der Waals surface area contributed by atoms with Gasteiger partial charge in [-0.3, -0.25) is 0 Å². The number of allylic oxidation sites excluding steroid dienone is 2. The van der Waals surface area contributed by atoms with Crippen LogP contribution in [-0.2, 0) is 12.8 Å². The second-order valence-corrected chi connectivity index (χ2v) is 7.12. The lowest BCUT2D eigenvalue weighted by Crippen LogP contribution is -1.98. The van der Waals surface area contributed by atoms with Gasteiger partial charge in [0.2, 0.25) is 0 Å². The van der Waals surface area contributed by atoms with Crippen LogP contribution in [0.4, 0.5) is 8.78 Å². The van der Waals surface area contributed by atoms with Crippen molar-refractivity contribution in [1.82, 2.24) is 0 Å². The first kappa shape index (κ1) is 20.7. The van der Waals surface area contributed by atoms with Crippen LogP contribution in [-0.4, -0.2) is 0 Å². The van der Waals surface area contributed by atoms with E-state index in [1.165, 1.54) is 11.6 Å². The largest absolute Gasteiger partial charge is 0.242 e. The molecule has 0 saturated heterocycles. The molecule has 0 aromatic heterocycles. The lowest BCUT2D eigenvalue weighted by atomic mass is 10.0. The Morgan fingerprint density at radius 2 is 1.59 bits per heavy atom. The number of hydrogen-bond donors (Lipinski definition) is 0. The monoisotopic (exact) mass is 388 g/mol. The van der Waals surface area contributed by atoms with Crippen molar-refractivity contribution in [1.29, 1.82) is 0 Å². The molecule has 0 aliphatic rings. The highest BCUT2D eigenvalue weighted by Gasteiger charge is 2.11. The number of halogens is 2. The second kappa shape index (κ2) is 10.5. The van der Waals surface area contributed by atoms with Crippen molar-refractivity contribution in [3.8, 4) is 0 Å². The van der Waals surface area contributed by atoms with E-state index in [9.17, 15) is 8.78 Å². The van der Waals surface area contributed by atoms with Crippen molar-refractivity contribution >= 4 is 12.2 Å². The van der Waals surface area contributed by atoms with Gasteiger partial charge < -0.3 is 0 Å². The standard InChI is InChI=1S/C27H26F2/c1-2-3-5-8-21-11-13-22(14-12-21)15-17-25-18-16-23(20-27(25)29)19-26(28)24-9-6-4-7-10-24/h2-4,6-7,9-18,20,26H,5,8,19H2,1H3/b3-2+,17-15?/t26-/m1/s1. The molecule has 1 atom stereocenters. The molecule has 3 rings (SSSR count). The van der Waals surface area contributed by atoms with Gasteiger partial charge in [-0.2, -0.15) is 0 Å². The zero-order chi connectivity index (χ0) is 20.5. The smallest absolute Gasteiger partial charge is 0.130 e. The van der Waals surface area contributed by atoms with Gasteiger partial charge in [0.05, 0.1) is 0 Å². The van der Waals surface area contributed by atoms with Crippen LogP contribution in [0.25, 0.3) is 12.2 Å². The van der Waals surface area contributed by atoms with E-state index in [2.05, 4.69) is 24.3 Å². The van der Waals surface area contributed by atoms with Crippen LogP contribution >= 0.6 is 0 Å². The van der Waals surface area contributed by atoms with Gasteiger partial charge in [0.15, 0.2) is 0 Å². The summed E-state index contributed by atoms with van der Waals surface area (Å²) in [6.07, 6.45) is 8.96. The molecule has 0 nitrogen and oxygen atoms in total. The summed E-state index contributed by atoms with van der Waals surface area (Å²) in [5, 5.41) is 0. The molecule has 0 N–H and O–H groups in total. The average molecular weight is 389 g/mol. The Kier molecular flexibility index (Phi) is 7.52. The van der Waals surface area contributed by atoms with Crippen LogP contribution in [0, 0.1) is 5.82 Å². The number of rotatable bonds is 8. The molecular formula is C27H26F2. The molecule has 0 radical (unpaired) electrons. The van der Waals surface area contributed by atoms with Gasteiger partial charge in [0.1, 0.15) is 12.0 Å². The third kappa shape index (κ3) is 6.25. The van der Waals surface area contributed by atoms with Crippen LogP contribution in [0.15, 0.2) is 84.9 Å². The maximum Gasteiger partial charge on any atom is 0.130 e. The number of alkyl halides is 1. The molecule has 0 amide bonds. The summed E-state index contributed by atoms with van der Waals surface area (Å²) in [6.45, 7) is 2.03. The van der Waals surface area contributed by atoms with Gasteiger partial charge in [-0.05, 0) is 48.1 Å². The van der Waals surface area contributed by atoms with Gasteiger partial charge in [0.25, 0.3) is 0 Å². The first-order chi connectivity index (χ1) is 14.2. The maximum absolute atomic E-state index is 14.5. The zero-order valence-electron chi connectivity index (χ0n) is 16.7. The van der Waals surface area contributed by atoms with E-state index in [1.54, 1.807) is 30.3 Å². The molecule has 3 aromatic carbocycles. The molecule has 0 fully saturated rings. The summed E-state index contributed by atoms with van der Waals surface area (Å²) >= 11 is 0. The Hall–Kier alpha value is -3.00. The molecule has 3 aromatic rings. The summed E-state index contributed by atoms with van der Waals surface area (Å²) in [5.74, 6) is -0.331. The van der Waals surface area contributed by atoms with Gasteiger partial charge in [-0.15, -0.1) is 0 Å². The Bertz CT molecular complexity index is 954. The average Bonchev–Trinajstić information content (AvgIpc) is 2.75. The summed E-state index contributed by atoms with van der Waals surface area (Å²) in [4.78, 5) is 0. The fourth-order valence-electron chi connectivity index (χ4n) is 3.22. The minimum atomic E-state index is -1.14. The van der Waals surface area contributed by atoms with E-state index in [0.717, 1.165) is 18.4 Å².